The number of fused-ring (bicyclic) bond motifs is 3. The number of nitrogens with two attached hydrogens (primary N) is 1. The molecular weight excluding hydrogens is 324 g/mol. The van der Waals surface area contributed by atoms with Crippen LogP contribution in [-0.2, 0) is 23.7 Å². The molecule has 3 aliphatic rings. The minimum Gasteiger partial charge on any atom is -0.365 e. The van der Waals surface area contributed by atoms with Crippen LogP contribution in [0.15, 0.2) is 0 Å². The van der Waals surface area contributed by atoms with Crippen LogP contribution >= 0.6 is 0 Å². The van der Waals surface area contributed by atoms with Gasteiger partial charge in [-0.1, -0.05) is 13.8 Å². The first-order chi connectivity index (χ1) is 11.7. The predicted molar refractivity (Wildman–Crippen MR) is 93.2 cm³/mol. The monoisotopic (exact) mass is 358 g/mol. The molecule has 0 aromatic rings. The first-order valence-electron chi connectivity index (χ1n) is 9.46. The van der Waals surface area contributed by atoms with Crippen LogP contribution in [0.5, 0.6) is 0 Å². The third kappa shape index (κ3) is 4.03. The standard InChI is InChI=1S/C18H34N2O5/c1-7-20(8-2)9-11(19)13-15-16(25-18(5,6)24-15)14-12(22-13)10-21-17(3,4)23-14/h11-16H,7-10,19H2,1-6H3/t11-,12+,13-,14-,15+,16+/m0/s1. The van der Waals surface area contributed by atoms with Gasteiger partial charge < -0.3 is 34.3 Å². The van der Waals surface area contributed by atoms with Gasteiger partial charge in [0.15, 0.2) is 11.6 Å². The second-order valence-electron chi connectivity index (χ2n) is 8.15. The molecule has 146 valence electrons. The van der Waals surface area contributed by atoms with Crippen molar-refractivity contribution in [3.05, 3.63) is 0 Å². The summed E-state index contributed by atoms with van der Waals surface area (Å²) < 4.78 is 30.6. The Hall–Kier alpha value is -0.280. The lowest BCUT2D eigenvalue weighted by Crippen LogP contribution is -2.67. The molecule has 6 atom stereocenters. The van der Waals surface area contributed by atoms with E-state index in [1.807, 2.05) is 27.7 Å². The lowest BCUT2D eigenvalue weighted by Gasteiger charge is -2.49. The van der Waals surface area contributed by atoms with Gasteiger partial charge in [0.2, 0.25) is 0 Å². The number of likely N-dealkylation sites (N-methyl/N-ethyl adjacent to an activating group) is 1. The molecule has 3 fully saturated rings. The Kier molecular flexibility index (Phi) is 5.48. The molecule has 2 N–H and O–H groups in total. The zero-order valence-electron chi connectivity index (χ0n) is 16.4. The number of rotatable bonds is 5. The molecule has 7 nitrogen and oxygen atoms in total. The molecule has 3 heterocycles. The summed E-state index contributed by atoms with van der Waals surface area (Å²) in [5.74, 6) is -1.33. The lowest BCUT2D eigenvalue weighted by molar-refractivity contribution is -0.349. The molecule has 0 spiro atoms. The smallest absolute Gasteiger partial charge is 0.164 e. The minimum absolute atomic E-state index is 0.166. The molecule has 0 aromatic heterocycles. The summed E-state index contributed by atoms with van der Waals surface area (Å²) >= 11 is 0. The van der Waals surface area contributed by atoms with Gasteiger partial charge in [-0.25, -0.2) is 0 Å². The van der Waals surface area contributed by atoms with Crippen molar-refractivity contribution in [3.8, 4) is 0 Å². The Bertz CT molecular complexity index is 468. The fourth-order valence-corrected chi connectivity index (χ4v) is 4.04. The number of ether oxygens (including phenoxy) is 5. The molecule has 0 radical (unpaired) electrons. The average Bonchev–Trinajstić information content (AvgIpc) is 2.86. The zero-order valence-corrected chi connectivity index (χ0v) is 16.4. The summed E-state index contributed by atoms with van der Waals surface area (Å²) in [4.78, 5) is 2.30. The van der Waals surface area contributed by atoms with Crippen LogP contribution in [0.1, 0.15) is 41.5 Å². The van der Waals surface area contributed by atoms with Crippen LogP contribution in [0.25, 0.3) is 0 Å². The number of nitrogens with zero attached hydrogens (tertiary/aromatic N) is 1. The fourth-order valence-electron chi connectivity index (χ4n) is 4.04. The van der Waals surface area contributed by atoms with Gasteiger partial charge in [-0.15, -0.1) is 0 Å². The van der Waals surface area contributed by atoms with E-state index in [-0.39, 0.29) is 36.6 Å². The van der Waals surface area contributed by atoms with E-state index in [0.29, 0.717) is 6.61 Å². The maximum absolute atomic E-state index is 6.54. The molecule has 0 unspecified atom stereocenters. The topological polar surface area (TPSA) is 75.4 Å². The Labute approximate surface area is 151 Å². The first kappa shape index (κ1) is 19.5. The van der Waals surface area contributed by atoms with Crippen LogP contribution < -0.4 is 5.73 Å². The largest absolute Gasteiger partial charge is 0.365 e. The van der Waals surface area contributed by atoms with Crippen molar-refractivity contribution in [2.24, 2.45) is 5.73 Å². The molecule has 3 aliphatic heterocycles. The van der Waals surface area contributed by atoms with Crippen molar-refractivity contribution in [3.63, 3.8) is 0 Å². The minimum atomic E-state index is -0.674. The molecule has 0 saturated carbocycles. The van der Waals surface area contributed by atoms with E-state index in [9.17, 15) is 0 Å². The van der Waals surface area contributed by atoms with E-state index in [2.05, 4.69) is 18.7 Å². The maximum Gasteiger partial charge on any atom is 0.164 e. The van der Waals surface area contributed by atoms with Crippen molar-refractivity contribution >= 4 is 0 Å². The maximum atomic E-state index is 6.54. The summed E-state index contributed by atoms with van der Waals surface area (Å²) in [6.07, 6.45) is -1.10. The summed E-state index contributed by atoms with van der Waals surface area (Å²) in [5.41, 5.74) is 6.54. The fraction of sp³-hybridized carbons (Fsp3) is 1.00. The van der Waals surface area contributed by atoms with Crippen LogP contribution in [-0.4, -0.2) is 79.3 Å². The van der Waals surface area contributed by atoms with Gasteiger partial charge in [-0.05, 0) is 40.8 Å². The van der Waals surface area contributed by atoms with Gasteiger partial charge in [0.1, 0.15) is 30.5 Å². The summed E-state index contributed by atoms with van der Waals surface area (Å²) in [5, 5.41) is 0. The highest BCUT2D eigenvalue weighted by Gasteiger charge is 2.59. The van der Waals surface area contributed by atoms with Crippen molar-refractivity contribution in [1.82, 2.24) is 4.90 Å². The molecule has 3 rings (SSSR count). The van der Waals surface area contributed by atoms with Gasteiger partial charge in [0.25, 0.3) is 0 Å². The van der Waals surface area contributed by atoms with E-state index in [0.717, 1.165) is 19.6 Å². The second-order valence-corrected chi connectivity index (χ2v) is 8.15. The highest BCUT2D eigenvalue weighted by atomic mass is 16.8. The lowest BCUT2D eigenvalue weighted by atomic mass is 9.90. The van der Waals surface area contributed by atoms with Crippen molar-refractivity contribution in [2.75, 3.05) is 26.2 Å². The predicted octanol–water partition coefficient (Wildman–Crippen LogP) is 1.09. The van der Waals surface area contributed by atoms with E-state index in [4.69, 9.17) is 29.4 Å². The SMILES string of the molecule is CCN(CC)C[C@H](N)[C@@H]1O[C@@H]2COC(C)(C)O[C@@H]2[C@H]2OC(C)(C)O[C@@H]21. The van der Waals surface area contributed by atoms with E-state index in [1.54, 1.807) is 0 Å². The van der Waals surface area contributed by atoms with Gasteiger partial charge in [0.05, 0.1) is 6.61 Å². The third-order valence-electron chi connectivity index (χ3n) is 5.31. The Morgan fingerprint density at radius 1 is 0.960 bits per heavy atom. The molecular formula is C18H34N2O5. The number of hydrogen-bond donors (Lipinski definition) is 1. The molecule has 0 aromatic carbocycles. The summed E-state index contributed by atoms with van der Waals surface area (Å²) in [6, 6.07) is -0.166. The van der Waals surface area contributed by atoms with Crippen molar-refractivity contribution in [2.45, 2.75) is 89.7 Å². The molecule has 3 saturated heterocycles. The van der Waals surface area contributed by atoms with Crippen LogP contribution in [0.2, 0.25) is 0 Å². The quantitative estimate of drug-likeness (QED) is 0.788. The van der Waals surface area contributed by atoms with Crippen LogP contribution in [0, 0.1) is 0 Å². The van der Waals surface area contributed by atoms with E-state index >= 15 is 0 Å². The normalized spacial score (nSPS) is 40.6. The molecule has 7 heteroatoms. The van der Waals surface area contributed by atoms with E-state index < -0.39 is 11.6 Å². The van der Waals surface area contributed by atoms with Crippen molar-refractivity contribution in [1.29, 1.82) is 0 Å². The van der Waals surface area contributed by atoms with E-state index in [1.165, 1.54) is 0 Å². The number of hydrogen-bond acceptors (Lipinski definition) is 7. The Morgan fingerprint density at radius 3 is 2.20 bits per heavy atom. The van der Waals surface area contributed by atoms with Gasteiger partial charge in [-0.2, -0.15) is 0 Å². The zero-order chi connectivity index (χ0) is 18.4. The second kappa shape index (κ2) is 7.03. The van der Waals surface area contributed by atoms with Gasteiger partial charge in [-0.3, -0.25) is 0 Å². The Balaban J connectivity index is 1.79. The highest BCUT2D eigenvalue weighted by molar-refractivity contribution is 5.04. The van der Waals surface area contributed by atoms with Gasteiger partial charge >= 0.3 is 0 Å². The summed E-state index contributed by atoms with van der Waals surface area (Å²) in [7, 11) is 0. The highest BCUT2D eigenvalue weighted by Crippen LogP contribution is 2.42. The van der Waals surface area contributed by atoms with Crippen LogP contribution in [0.4, 0.5) is 0 Å². The van der Waals surface area contributed by atoms with Gasteiger partial charge in [0, 0.05) is 12.6 Å². The molecule has 0 bridgehead atoms. The molecule has 0 amide bonds. The first-order valence-corrected chi connectivity index (χ1v) is 9.46. The van der Waals surface area contributed by atoms with Crippen LogP contribution in [0.3, 0.4) is 0 Å². The van der Waals surface area contributed by atoms with Crippen molar-refractivity contribution < 1.29 is 23.7 Å². The average molecular weight is 358 g/mol. The molecule has 0 aliphatic carbocycles. The Morgan fingerprint density at radius 2 is 1.56 bits per heavy atom. The third-order valence-corrected chi connectivity index (χ3v) is 5.31. The molecule has 25 heavy (non-hydrogen) atoms. The summed E-state index contributed by atoms with van der Waals surface area (Å²) in [6.45, 7) is 15.1.